The van der Waals surface area contributed by atoms with Crippen LogP contribution in [-0.2, 0) is 14.8 Å². The normalized spacial score (nSPS) is 18.5. The van der Waals surface area contributed by atoms with Gasteiger partial charge in [0.2, 0.25) is 15.9 Å². The molecule has 1 atom stereocenters. The smallest absolute Gasteiger partial charge is 0.232 e. The van der Waals surface area contributed by atoms with Gasteiger partial charge in [-0.3, -0.25) is 9.10 Å². The van der Waals surface area contributed by atoms with Crippen molar-refractivity contribution in [1.29, 1.82) is 0 Å². The Morgan fingerprint density at radius 1 is 1.29 bits per heavy atom. The summed E-state index contributed by atoms with van der Waals surface area (Å²) < 4.78 is 25.9. The average molecular weight is 353 g/mol. The average Bonchev–Trinajstić information content (AvgIpc) is 2.48. The predicted octanol–water partition coefficient (Wildman–Crippen LogP) is 2.72. The number of carbonyl (C=O) groups excluding carboxylic acids is 1. The highest BCUT2D eigenvalue weighted by molar-refractivity contribution is 7.92. The summed E-state index contributed by atoms with van der Waals surface area (Å²) in [4.78, 5) is 14.4. The molecule has 2 rings (SSSR count). The first-order valence-electron chi connectivity index (χ1n) is 8.52. The molecule has 1 saturated heterocycles. The molecule has 1 heterocycles. The summed E-state index contributed by atoms with van der Waals surface area (Å²) >= 11 is 0. The Kier molecular flexibility index (Phi) is 5.91. The molecule has 24 heavy (non-hydrogen) atoms. The van der Waals surface area contributed by atoms with Crippen LogP contribution in [0.15, 0.2) is 18.2 Å². The third kappa shape index (κ3) is 4.50. The van der Waals surface area contributed by atoms with E-state index in [0.29, 0.717) is 11.6 Å². The fourth-order valence-corrected chi connectivity index (χ4v) is 4.46. The van der Waals surface area contributed by atoms with Gasteiger partial charge in [-0.25, -0.2) is 8.42 Å². The lowest BCUT2D eigenvalue weighted by Gasteiger charge is -2.32. The zero-order valence-electron chi connectivity index (χ0n) is 15.1. The number of anilines is 1. The second kappa shape index (κ2) is 7.55. The lowest BCUT2D eigenvalue weighted by atomic mass is 10.00. The van der Waals surface area contributed by atoms with Crippen LogP contribution in [0.4, 0.5) is 5.69 Å². The van der Waals surface area contributed by atoms with Gasteiger partial charge in [-0.1, -0.05) is 25.1 Å². The molecular weight excluding hydrogens is 324 g/mol. The van der Waals surface area contributed by atoms with Crippen LogP contribution in [0.3, 0.4) is 0 Å². The molecule has 0 saturated carbocycles. The van der Waals surface area contributed by atoms with Crippen LogP contribution in [0, 0.1) is 19.8 Å². The number of rotatable bonds is 5. The van der Waals surface area contributed by atoms with E-state index in [1.165, 1.54) is 10.6 Å². The van der Waals surface area contributed by atoms with E-state index in [4.69, 9.17) is 0 Å². The molecular formula is C18H28N2O3S. The van der Waals surface area contributed by atoms with Gasteiger partial charge in [-0.15, -0.1) is 0 Å². The standard InChI is InChI=1S/C18H28N2O3S/c1-14-7-6-11-19(13-14)17(21)10-12-20(24(4,22)23)18-15(2)8-5-9-16(18)3/h5,8-9,14H,6-7,10-13H2,1-4H3. The molecule has 134 valence electrons. The molecule has 1 amide bonds. The number of hydrogen-bond donors (Lipinski definition) is 0. The molecule has 1 unspecified atom stereocenters. The van der Waals surface area contributed by atoms with E-state index in [0.717, 1.165) is 37.1 Å². The SMILES string of the molecule is Cc1cccc(C)c1N(CCC(=O)N1CCCC(C)C1)S(C)(=O)=O. The van der Waals surface area contributed by atoms with Gasteiger partial charge >= 0.3 is 0 Å². The zero-order valence-corrected chi connectivity index (χ0v) is 15.9. The molecule has 0 bridgehead atoms. The molecule has 6 heteroatoms. The van der Waals surface area contributed by atoms with Crippen molar-refractivity contribution < 1.29 is 13.2 Å². The number of carbonyl (C=O) groups is 1. The summed E-state index contributed by atoms with van der Waals surface area (Å²) in [5.41, 5.74) is 2.50. The lowest BCUT2D eigenvalue weighted by molar-refractivity contribution is -0.132. The van der Waals surface area contributed by atoms with Crippen LogP contribution in [0.25, 0.3) is 0 Å². The van der Waals surface area contributed by atoms with E-state index in [2.05, 4.69) is 6.92 Å². The van der Waals surface area contributed by atoms with Crippen LogP contribution in [-0.4, -0.2) is 45.1 Å². The van der Waals surface area contributed by atoms with Crippen molar-refractivity contribution >= 4 is 21.6 Å². The van der Waals surface area contributed by atoms with Gasteiger partial charge in [0.25, 0.3) is 0 Å². The van der Waals surface area contributed by atoms with Gasteiger partial charge in [-0.2, -0.15) is 0 Å². The quantitative estimate of drug-likeness (QED) is 0.819. The van der Waals surface area contributed by atoms with Gasteiger partial charge in [0.05, 0.1) is 11.9 Å². The maximum absolute atomic E-state index is 12.5. The van der Waals surface area contributed by atoms with E-state index in [1.807, 2.05) is 36.9 Å². The first kappa shape index (κ1) is 18.8. The highest BCUT2D eigenvalue weighted by atomic mass is 32.2. The van der Waals surface area contributed by atoms with E-state index in [9.17, 15) is 13.2 Å². The number of benzene rings is 1. The molecule has 5 nitrogen and oxygen atoms in total. The van der Waals surface area contributed by atoms with Gasteiger partial charge in [0.1, 0.15) is 0 Å². The Morgan fingerprint density at radius 3 is 2.46 bits per heavy atom. The number of likely N-dealkylation sites (tertiary alicyclic amines) is 1. The molecule has 1 aromatic carbocycles. The summed E-state index contributed by atoms with van der Waals surface area (Å²) in [6.07, 6.45) is 3.60. The van der Waals surface area contributed by atoms with Crippen molar-refractivity contribution in [3.63, 3.8) is 0 Å². The Morgan fingerprint density at radius 2 is 1.92 bits per heavy atom. The molecule has 0 spiro atoms. The molecule has 1 aliphatic rings. The summed E-state index contributed by atoms with van der Waals surface area (Å²) in [7, 11) is -3.44. The van der Waals surface area contributed by atoms with E-state index in [-0.39, 0.29) is 18.9 Å². The van der Waals surface area contributed by atoms with Gasteiger partial charge in [0, 0.05) is 26.1 Å². The summed E-state index contributed by atoms with van der Waals surface area (Å²) in [6, 6.07) is 5.71. The Hall–Kier alpha value is -1.56. The molecule has 0 aromatic heterocycles. The molecule has 0 radical (unpaired) electrons. The maximum atomic E-state index is 12.5. The first-order valence-corrected chi connectivity index (χ1v) is 10.4. The third-order valence-electron chi connectivity index (χ3n) is 4.63. The van der Waals surface area contributed by atoms with Gasteiger partial charge < -0.3 is 4.90 Å². The minimum absolute atomic E-state index is 0.0430. The molecule has 1 aromatic rings. The number of piperidine rings is 1. The number of nitrogens with zero attached hydrogens (tertiary/aromatic N) is 2. The van der Waals surface area contributed by atoms with Crippen molar-refractivity contribution in [2.45, 2.75) is 40.0 Å². The van der Waals surface area contributed by atoms with Crippen LogP contribution >= 0.6 is 0 Å². The second-order valence-corrected chi connectivity index (χ2v) is 8.82. The lowest BCUT2D eigenvalue weighted by Crippen LogP contribution is -2.41. The molecule has 0 N–H and O–H groups in total. The topological polar surface area (TPSA) is 57.7 Å². The minimum Gasteiger partial charge on any atom is -0.342 e. The number of sulfonamides is 1. The second-order valence-electron chi connectivity index (χ2n) is 6.91. The number of aryl methyl sites for hydroxylation is 2. The summed E-state index contributed by atoms with van der Waals surface area (Å²) in [5.74, 6) is 0.564. The fourth-order valence-electron chi connectivity index (χ4n) is 3.41. The van der Waals surface area contributed by atoms with E-state index in [1.54, 1.807) is 0 Å². The zero-order chi connectivity index (χ0) is 17.9. The van der Waals surface area contributed by atoms with Crippen LogP contribution in [0.2, 0.25) is 0 Å². The molecule has 1 fully saturated rings. The van der Waals surface area contributed by atoms with Crippen molar-refractivity contribution in [3.05, 3.63) is 29.3 Å². The maximum Gasteiger partial charge on any atom is 0.232 e. The van der Waals surface area contributed by atoms with Crippen molar-refractivity contribution in [1.82, 2.24) is 4.90 Å². The highest BCUT2D eigenvalue weighted by Crippen LogP contribution is 2.27. The van der Waals surface area contributed by atoms with Crippen LogP contribution in [0.1, 0.15) is 37.3 Å². The van der Waals surface area contributed by atoms with Crippen LogP contribution in [0.5, 0.6) is 0 Å². The van der Waals surface area contributed by atoms with Crippen molar-refractivity contribution in [3.8, 4) is 0 Å². The number of para-hydroxylation sites is 1. The minimum atomic E-state index is -3.44. The van der Waals surface area contributed by atoms with Crippen LogP contribution < -0.4 is 4.31 Å². The molecule has 0 aliphatic carbocycles. The summed E-state index contributed by atoms with van der Waals surface area (Å²) in [6.45, 7) is 7.70. The fraction of sp³-hybridized carbons (Fsp3) is 0.611. The third-order valence-corrected chi connectivity index (χ3v) is 5.79. The summed E-state index contributed by atoms with van der Waals surface area (Å²) in [5, 5.41) is 0. The largest absolute Gasteiger partial charge is 0.342 e. The Labute approximate surface area is 145 Å². The monoisotopic (exact) mass is 352 g/mol. The van der Waals surface area contributed by atoms with Gasteiger partial charge in [-0.05, 0) is 43.7 Å². The Balaban J connectivity index is 2.15. The number of hydrogen-bond acceptors (Lipinski definition) is 3. The number of amides is 1. The van der Waals surface area contributed by atoms with Crippen molar-refractivity contribution in [2.24, 2.45) is 5.92 Å². The van der Waals surface area contributed by atoms with Crippen molar-refractivity contribution in [2.75, 3.05) is 30.2 Å². The van der Waals surface area contributed by atoms with Gasteiger partial charge in [0.15, 0.2) is 0 Å². The Bertz CT molecular complexity index is 680. The van der Waals surface area contributed by atoms with E-state index < -0.39 is 10.0 Å². The first-order chi connectivity index (χ1) is 11.2. The highest BCUT2D eigenvalue weighted by Gasteiger charge is 2.25. The molecule has 1 aliphatic heterocycles. The van der Waals surface area contributed by atoms with E-state index >= 15 is 0 Å². The predicted molar refractivity (Wildman–Crippen MR) is 97.7 cm³/mol.